The molecule has 0 unspecified atom stereocenters. The second kappa shape index (κ2) is 11.7. The van der Waals surface area contributed by atoms with E-state index in [0.29, 0.717) is 37.3 Å². The van der Waals surface area contributed by atoms with E-state index in [-0.39, 0.29) is 18.4 Å². The van der Waals surface area contributed by atoms with E-state index in [1.54, 1.807) is 0 Å². The monoisotopic (exact) mass is 450 g/mol. The first-order chi connectivity index (χ1) is 16.1. The molecule has 2 fully saturated rings. The van der Waals surface area contributed by atoms with Gasteiger partial charge in [0.2, 0.25) is 5.91 Å². The minimum absolute atomic E-state index is 0.0432. The summed E-state index contributed by atoms with van der Waals surface area (Å²) in [6.45, 7) is 0.634. The summed E-state index contributed by atoms with van der Waals surface area (Å²) in [5.74, 6) is 1.57. The fraction of sp³-hybridized carbons (Fsp3) is 0.481. The summed E-state index contributed by atoms with van der Waals surface area (Å²) < 4.78 is 11.6. The summed E-state index contributed by atoms with van der Waals surface area (Å²) in [4.78, 5) is 23.9. The number of aryl methyl sites for hydroxylation is 1. The largest absolute Gasteiger partial charge is 0.490 e. The molecule has 0 saturated heterocycles. The van der Waals surface area contributed by atoms with Gasteiger partial charge in [0.15, 0.2) is 6.61 Å². The van der Waals surface area contributed by atoms with Crippen molar-refractivity contribution in [2.75, 3.05) is 13.2 Å². The lowest BCUT2D eigenvalue weighted by atomic mass is 10.1. The van der Waals surface area contributed by atoms with Crippen LogP contribution in [-0.2, 0) is 22.4 Å². The summed E-state index contributed by atoms with van der Waals surface area (Å²) in [5.41, 5.74) is 2.24. The molecule has 0 heterocycles. The third-order valence-electron chi connectivity index (χ3n) is 6.12. The Bertz CT molecular complexity index is 918. The van der Waals surface area contributed by atoms with Crippen LogP contribution in [-0.4, -0.2) is 37.1 Å². The third-order valence-corrected chi connectivity index (χ3v) is 6.12. The normalized spacial score (nSPS) is 15.8. The van der Waals surface area contributed by atoms with Crippen LogP contribution >= 0.6 is 0 Å². The van der Waals surface area contributed by atoms with Gasteiger partial charge < -0.3 is 20.1 Å². The van der Waals surface area contributed by atoms with Gasteiger partial charge in [0.1, 0.15) is 11.5 Å². The number of ether oxygens (including phenoxy) is 2. The zero-order valence-corrected chi connectivity index (χ0v) is 19.2. The molecule has 2 aliphatic carbocycles. The van der Waals surface area contributed by atoms with Crippen LogP contribution in [0.5, 0.6) is 11.5 Å². The van der Waals surface area contributed by atoms with Crippen molar-refractivity contribution in [3.05, 3.63) is 59.7 Å². The molecule has 33 heavy (non-hydrogen) atoms. The van der Waals surface area contributed by atoms with E-state index in [4.69, 9.17) is 9.47 Å². The number of nitrogens with one attached hydrogen (secondary N) is 2. The SMILES string of the molecule is O=C(CCc1cccc(OC2CCCC2)c1)NCCc1ccc(OCC(=O)NC2CC2)cc1. The standard InChI is InChI=1S/C27H34N2O4/c30-26(15-10-21-4-3-7-25(18-21)33-24-5-1-2-6-24)28-17-16-20-8-13-23(14-9-20)32-19-27(31)29-22-11-12-22/h3-4,7-9,13-14,18,22,24H,1-2,5-6,10-12,15-17,19H2,(H,28,30)(H,29,31). The Balaban J connectivity index is 1.11. The average Bonchev–Trinajstić information content (AvgIpc) is 3.49. The Labute approximate surface area is 196 Å². The predicted octanol–water partition coefficient (Wildman–Crippen LogP) is 3.96. The summed E-state index contributed by atoms with van der Waals surface area (Å²) in [6, 6.07) is 16.1. The van der Waals surface area contributed by atoms with Gasteiger partial charge in [-0.25, -0.2) is 0 Å². The van der Waals surface area contributed by atoms with Crippen LogP contribution < -0.4 is 20.1 Å². The average molecular weight is 451 g/mol. The fourth-order valence-corrected chi connectivity index (χ4v) is 4.06. The maximum atomic E-state index is 12.3. The smallest absolute Gasteiger partial charge is 0.258 e. The molecule has 0 aromatic heterocycles. The molecule has 0 radical (unpaired) electrons. The summed E-state index contributed by atoms with van der Waals surface area (Å²) in [6.07, 6.45) is 9.17. The Morgan fingerprint density at radius 2 is 1.64 bits per heavy atom. The molecule has 2 aromatic carbocycles. The van der Waals surface area contributed by atoms with Crippen molar-refractivity contribution in [3.8, 4) is 11.5 Å². The molecule has 2 aliphatic rings. The van der Waals surface area contributed by atoms with E-state index in [9.17, 15) is 9.59 Å². The van der Waals surface area contributed by atoms with E-state index >= 15 is 0 Å². The zero-order valence-electron chi connectivity index (χ0n) is 19.2. The number of carbonyl (C=O) groups excluding carboxylic acids is 2. The Hall–Kier alpha value is -3.02. The maximum Gasteiger partial charge on any atom is 0.258 e. The molecule has 2 aromatic rings. The summed E-state index contributed by atoms with van der Waals surface area (Å²) in [5, 5.41) is 5.90. The quantitative estimate of drug-likeness (QED) is 0.513. The van der Waals surface area contributed by atoms with Gasteiger partial charge in [0, 0.05) is 19.0 Å². The molecular formula is C27H34N2O4. The number of benzene rings is 2. The maximum absolute atomic E-state index is 12.3. The lowest BCUT2D eigenvalue weighted by Gasteiger charge is -2.14. The summed E-state index contributed by atoms with van der Waals surface area (Å²) >= 11 is 0. The van der Waals surface area contributed by atoms with Gasteiger partial charge in [-0.1, -0.05) is 24.3 Å². The Morgan fingerprint density at radius 1 is 0.848 bits per heavy atom. The van der Waals surface area contributed by atoms with Crippen molar-refractivity contribution in [1.29, 1.82) is 0 Å². The summed E-state index contributed by atoms with van der Waals surface area (Å²) in [7, 11) is 0. The molecule has 0 atom stereocenters. The van der Waals surface area contributed by atoms with Crippen LogP contribution in [0, 0.1) is 0 Å². The van der Waals surface area contributed by atoms with E-state index in [1.165, 1.54) is 12.8 Å². The molecule has 2 saturated carbocycles. The number of hydrogen-bond donors (Lipinski definition) is 2. The van der Waals surface area contributed by atoms with E-state index in [2.05, 4.69) is 16.7 Å². The van der Waals surface area contributed by atoms with Gasteiger partial charge >= 0.3 is 0 Å². The fourth-order valence-electron chi connectivity index (χ4n) is 4.06. The first-order valence-electron chi connectivity index (χ1n) is 12.2. The highest BCUT2D eigenvalue weighted by atomic mass is 16.5. The lowest BCUT2D eigenvalue weighted by Crippen LogP contribution is -2.30. The van der Waals surface area contributed by atoms with Crippen molar-refractivity contribution in [2.45, 2.75) is 69.9 Å². The molecule has 4 rings (SSSR count). The van der Waals surface area contributed by atoms with Gasteiger partial charge in [0.05, 0.1) is 6.10 Å². The Kier molecular flexibility index (Phi) is 8.23. The first kappa shape index (κ1) is 23.1. The van der Waals surface area contributed by atoms with Crippen LogP contribution in [0.3, 0.4) is 0 Å². The number of rotatable bonds is 12. The number of hydrogen-bond acceptors (Lipinski definition) is 4. The third kappa shape index (κ3) is 8.12. The van der Waals surface area contributed by atoms with Crippen LogP contribution in [0.2, 0.25) is 0 Å². The minimum atomic E-state index is -0.0719. The van der Waals surface area contributed by atoms with Crippen LogP contribution in [0.15, 0.2) is 48.5 Å². The van der Waals surface area contributed by atoms with E-state index in [1.807, 2.05) is 42.5 Å². The van der Waals surface area contributed by atoms with Gasteiger partial charge in [0.25, 0.3) is 5.91 Å². The second-order valence-electron chi connectivity index (χ2n) is 9.05. The highest BCUT2D eigenvalue weighted by Crippen LogP contribution is 2.25. The van der Waals surface area contributed by atoms with Gasteiger partial charge in [-0.15, -0.1) is 0 Å². The second-order valence-corrected chi connectivity index (χ2v) is 9.05. The number of carbonyl (C=O) groups is 2. The van der Waals surface area contributed by atoms with Crippen molar-refractivity contribution in [1.82, 2.24) is 10.6 Å². The van der Waals surface area contributed by atoms with Gasteiger partial charge in [-0.3, -0.25) is 9.59 Å². The topological polar surface area (TPSA) is 76.7 Å². The molecule has 0 spiro atoms. The molecule has 2 N–H and O–H groups in total. The molecule has 2 amide bonds. The first-order valence-corrected chi connectivity index (χ1v) is 12.2. The van der Waals surface area contributed by atoms with Crippen LogP contribution in [0.25, 0.3) is 0 Å². The molecule has 0 bridgehead atoms. The van der Waals surface area contributed by atoms with E-state index in [0.717, 1.165) is 49.0 Å². The highest BCUT2D eigenvalue weighted by Gasteiger charge is 2.23. The highest BCUT2D eigenvalue weighted by molar-refractivity contribution is 5.78. The zero-order chi connectivity index (χ0) is 22.9. The van der Waals surface area contributed by atoms with Crippen molar-refractivity contribution >= 4 is 11.8 Å². The van der Waals surface area contributed by atoms with Crippen molar-refractivity contribution < 1.29 is 19.1 Å². The lowest BCUT2D eigenvalue weighted by molar-refractivity contribution is -0.123. The van der Waals surface area contributed by atoms with Gasteiger partial charge in [-0.2, -0.15) is 0 Å². The number of amides is 2. The molecular weight excluding hydrogens is 416 g/mol. The molecule has 6 nitrogen and oxygen atoms in total. The predicted molar refractivity (Wildman–Crippen MR) is 127 cm³/mol. The van der Waals surface area contributed by atoms with Crippen LogP contribution in [0.1, 0.15) is 56.1 Å². The molecule has 0 aliphatic heterocycles. The minimum Gasteiger partial charge on any atom is -0.490 e. The van der Waals surface area contributed by atoms with Gasteiger partial charge in [-0.05, 0) is 86.8 Å². The van der Waals surface area contributed by atoms with Crippen LogP contribution in [0.4, 0.5) is 0 Å². The van der Waals surface area contributed by atoms with Crippen molar-refractivity contribution in [2.24, 2.45) is 0 Å². The molecule has 176 valence electrons. The van der Waals surface area contributed by atoms with E-state index < -0.39 is 0 Å². The Morgan fingerprint density at radius 3 is 2.39 bits per heavy atom. The molecule has 6 heteroatoms. The van der Waals surface area contributed by atoms with Crippen molar-refractivity contribution in [3.63, 3.8) is 0 Å².